The van der Waals surface area contributed by atoms with E-state index < -0.39 is 6.04 Å². The summed E-state index contributed by atoms with van der Waals surface area (Å²) in [6, 6.07) is 18.6. The second kappa shape index (κ2) is 13.9. The lowest BCUT2D eigenvalue weighted by Gasteiger charge is -2.27. The Morgan fingerprint density at radius 3 is 2.29 bits per heavy atom. The van der Waals surface area contributed by atoms with Crippen LogP contribution < -0.4 is 35.0 Å². The lowest BCUT2D eigenvalue weighted by atomic mass is 9.95. The Labute approximate surface area is 279 Å². The van der Waals surface area contributed by atoms with Gasteiger partial charge in [-0.1, -0.05) is 36.4 Å². The quantitative estimate of drug-likeness (QED) is 0.233. The summed E-state index contributed by atoms with van der Waals surface area (Å²) in [6.07, 6.45) is 2.89. The van der Waals surface area contributed by atoms with Gasteiger partial charge in [-0.2, -0.15) is 0 Å². The molecule has 6 rings (SSSR count). The van der Waals surface area contributed by atoms with E-state index in [1.54, 1.807) is 40.6 Å². The number of anilines is 1. The predicted octanol–water partition coefficient (Wildman–Crippen LogP) is 5.80. The van der Waals surface area contributed by atoms with Crippen LogP contribution in [0.1, 0.15) is 55.0 Å². The molecule has 1 aliphatic heterocycles. The molecule has 0 radical (unpaired) electrons. The molecule has 0 bridgehead atoms. The second-order valence-electron chi connectivity index (χ2n) is 12.1. The maximum absolute atomic E-state index is 13.8. The topological polar surface area (TPSA) is 115 Å². The molecule has 0 saturated carbocycles. The molecule has 4 aromatic carbocycles. The Bertz CT molecular complexity index is 1940. The van der Waals surface area contributed by atoms with Gasteiger partial charge in [-0.25, -0.2) is 0 Å². The largest absolute Gasteiger partial charge is 0.496 e. The molecule has 1 unspecified atom stereocenters. The standard InChI is InChI=1S/C38H41N3O7/c1-22(42)40-29-15-12-23-19-34(46-3)37(47-4)38(48-5)36(23)27-13-16-30(32(43)20-28(27)29)39-21-35(44)41-18-8-11-31(41)25-14-17-33(45-2)26-10-7-6-9-24(25)26/h6-7,9-10,13-14,16-17,19-20,29,31H,8,11-12,15,18,21H2,1-5H3,(H,39,43)(H,40,42)/t29-,31?/m0/s1. The Kier molecular flexibility index (Phi) is 9.43. The predicted molar refractivity (Wildman–Crippen MR) is 185 cm³/mol. The van der Waals surface area contributed by atoms with Gasteiger partial charge in [0.15, 0.2) is 11.5 Å². The fourth-order valence-corrected chi connectivity index (χ4v) is 7.28. The van der Waals surface area contributed by atoms with Crippen LogP contribution in [0.4, 0.5) is 5.69 Å². The van der Waals surface area contributed by atoms with Gasteiger partial charge in [-0.15, -0.1) is 0 Å². The molecule has 250 valence electrons. The van der Waals surface area contributed by atoms with E-state index in [9.17, 15) is 14.4 Å². The molecule has 10 nitrogen and oxygen atoms in total. The summed E-state index contributed by atoms with van der Waals surface area (Å²) >= 11 is 0. The van der Waals surface area contributed by atoms with Crippen molar-refractivity contribution in [2.75, 3.05) is 46.8 Å². The van der Waals surface area contributed by atoms with E-state index >= 15 is 0 Å². The van der Waals surface area contributed by atoms with E-state index in [0.29, 0.717) is 42.2 Å². The van der Waals surface area contributed by atoms with Crippen molar-refractivity contribution in [2.45, 2.75) is 44.7 Å². The van der Waals surface area contributed by atoms with E-state index in [1.165, 1.54) is 6.92 Å². The van der Waals surface area contributed by atoms with Crippen LogP contribution in [-0.2, 0) is 16.0 Å². The highest BCUT2D eigenvalue weighted by Gasteiger charge is 2.32. The minimum absolute atomic E-state index is 0.0471. The normalized spacial score (nSPS) is 16.7. The summed E-state index contributed by atoms with van der Waals surface area (Å²) in [5.41, 5.74) is 4.16. The number of nitrogens with one attached hydrogen (secondary N) is 2. The van der Waals surface area contributed by atoms with E-state index in [-0.39, 0.29) is 35.5 Å². The molecule has 2 aliphatic rings. The molecule has 2 atom stereocenters. The molecule has 1 aliphatic carbocycles. The summed E-state index contributed by atoms with van der Waals surface area (Å²) < 4.78 is 22.8. The van der Waals surface area contributed by atoms with Crippen LogP contribution in [0, 0.1) is 0 Å². The molecule has 1 saturated heterocycles. The average molecular weight is 652 g/mol. The van der Waals surface area contributed by atoms with Gasteiger partial charge in [-0.3, -0.25) is 14.4 Å². The smallest absolute Gasteiger partial charge is 0.242 e. The number of fused-ring (bicyclic) bond motifs is 4. The molecule has 0 aromatic heterocycles. The monoisotopic (exact) mass is 651 g/mol. The number of amides is 2. The first-order chi connectivity index (χ1) is 23.3. The van der Waals surface area contributed by atoms with Gasteiger partial charge >= 0.3 is 0 Å². The van der Waals surface area contributed by atoms with Crippen LogP contribution in [0.2, 0.25) is 0 Å². The maximum atomic E-state index is 13.8. The van der Waals surface area contributed by atoms with Crippen LogP contribution in [0.15, 0.2) is 65.5 Å². The Balaban J connectivity index is 1.34. The number of carbonyl (C=O) groups excluding carboxylic acids is 2. The minimum Gasteiger partial charge on any atom is -0.496 e. The highest BCUT2D eigenvalue weighted by atomic mass is 16.5. The van der Waals surface area contributed by atoms with Gasteiger partial charge < -0.3 is 34.5 Å². The van der Waals surface area contributed by atoms with Crippen LogP contribution in [0.5, 0.6) is 23.0 Å². The molecular weight excluding hydrogens is 610 g/mol. The summed E-state index contributed by atoms with van der Waals surface area (Å²) in [5, 5.41) is 8.23. The number of likely N-dealkylation sites (tertiary alicyclic amines) is 1. The number of aryl methyl sites for hydroxylation is 1. The minimum atomic E-state index is -0.425. The summed E-state index contributed by atoms with van der Waals surface area (Å²) in [5.74, 6) is 1.94. The van der Waals surface area contributed by atoms with Crippen molar-refractivity contribution in [1.82, 2.24) is 10.2 Å². The average Bonchev–Trinajstić information content (AvgIpc) is 3.47. The van der Waals surface area contributed by atoms with Gasteiger partial charge in [0.1, 0.15) is 5.75 Å². The molecule has 1 fully saturated rings. The summed E-state index contributed by atoms with van der Waals surface area (Å²) in [7, 11) is 6.34. The number of ether oxygens (including phenoxy) is 4. The van der Waals surface area contributed by atoms with Crippen molar-refractivity contribution in [3.8, 4) is 34.1 Å². The third-order valence-corrected chi connectivity index (χ3v) is 9.42. The molecule has 2 amide bonds. The van der Waals surface area contributed by atoms with Gasteiger partial charge in [-0.05, 0) is 77.6 Å². The van der Waals surface area contributed by atoms with Crippen molar-refractivity contribution >= 4 is 28.3 Å². The third kappa shape index (κ3) is 5.98. The van der Waals surface area contributed by atoms with Crippen molar-refractivity contribution in [2.24, 2.45) is 0 Å². The number of nitrogens with zero attached hydrogens (tertiary/aromatic N) is 1. The van der Waals surface area contributed by atoms with Crippen LogP contribution in [0.3, 0.4) is 0 Å². The Hall–Kier alpha value is -5.25. The van der Waals surface area contributed by atoms with Crippen LogP contribution in [-0.4, -0.2) is 58.2 Å². The molecule has 2 N–H and O–H groups in total. The van der Waals surface area contributed by atoms with Gasteiger partial charge in [0.25, 0.3) is 0 Å². The number of methoxy groups -OCH3 is 4. The fraction of sp³-hybridized carbons (Fsp3) is 0.342. The van der Waals surface area contributed by atoms with Gasteiger partial charge in [0, 0.05) is 24.4 Å². The van der Waals surface area contributed by atoms with E-state index in [2.05, 4.69) is 16.7 Å². The zero-order chi connectivity index (χ0) is 33.9. The van der Waals surface area contributed by atoms with Gasteiger partial charge in [0.2, 0.25) is 23.0 Å². The highest BCUT2D eigenvalue weighted by molar-refractivity contribution is 5.92. The van der Waals surface area contributed by atoms with E-state index in [0.717, 1.165) is 51.6 Å². The molecule has 0 spiro atoms. The Morgan fingerprint density at radius 2 is 1.58 bits per heavy atom. The third-order valence-electron chi connectivity index (χ3n) is 9.42. The first-order valence-corrected chi connectivity index (χ1v) is 16.2. The van der Waals surface area contributed by atoms with Gasteiger partial charge in [0.05, 0.1) is 52.8 Å². The number of benzene rings is 3. The lowest BCUT2D eigenvalue weighted by Crippen LogP contribution is -2.35. The number of rotatable bonds is 9. The summed E-state index contributed by atoms with van der Waals surface area (Å²) in [4.78, 5) is 41.7. The fourth-order valence-electron chi connectivity index (χ4n) is 7.28. The highest BCUT2D eigenvalue weighted by Crippen LogP contribution is 2.50. The maximum Gasteiger partial charge on any atom is 0.242 e. The SMILES string of the molecule is COc1cc2c(c(OC)c1OC)-c1ccc(NCC(=O)N3CCCC3c3ccc(OC)c4ccccc34)c(=O)cc1[C@@H](NC(C)=O)CC2. The number of hydrogen-bond acceptors (Lipinski definition) is 8. The molecule has 4 aromatic rings. The summed E-state index contributed by atoms with van der Waals surface area (Å²) in [6.45, 7) is 2.05. The lowest BCUT2D eigenvalue weighted by molar-refractivity contribution is -0.130. The van der Waals surface area contributed by atoms with Crippen LogP contribution >= 0.6 is 0 Å². The van der Waals surface area contributed by atoms with Crippen molar-refractivity contribution < 1.29 is 28.5 Å². The molecular formula is C38H41N3O7. The Morgan fingerprint density at radius 1 is 0.833 bits per heavy atom. The number of hydrogen-bond donors (Lipinski definition) is 2. The molecule has 1 heterocycles. The van der Waals surface area contributed by atoms with E-state index in [4.69, 9.17) is 18.9 Å². The van der Waals surface area contributed by atoms with Crippen LogP contribution in [0.25, 0.3) is 21.9 Å². The van der Waals surface area contributed by atoms with Crippen molar-refractivity contribution in [3.05, 3.63) is 87.6 Å². The molecule has 48 heavy (non-hydrogen) atoms. The molecule has 10 heteroatoms. The number of carbonyl (C=O) groups is 2. The van der Waals surface area contributed by atoms with E-state index in [1.807, 2.05) is 47.4 Å². The van der Waals surface area contributed by atoms with Crippen molar-refractivity contribution in [1.29, 1.82) is 0 Å². The van der Waals surface area contributed by atoms with Crippen molar-refractivity contribution in [3.63, 3.8) is 0 Å². The first kappa shape index (κ1) is 32.7. The second-order valence-corrected chi connectivity index (χ2v) is 12.1. The first-order valence-electron chi connectivity index (χ1n) is 16.2. The zero-order valence-corrected chi connectivity index (χ0v) is 28.0. The zero-order valence-electron chi connectivity index (χ0n) is 28.0.